The van der Waals surface area contributed by atoms with Crippen LogP contribution >= 0.6 is 0 Å². The first-order chi connectivity index (χ1) is 8.93. The molecule has 3 nitrogen and oxygen atoms in total. The Labute approximate surface area is 115 Å². The van der Waals surface area contributed by atoms with E-state index in [1.54, 1.807) is 0 Å². The highest BCUT2D eigenvalue weighted by Gasteiger charge is 2.15. The van der Waals surface area contributed by atoms with Crippen LogP contribution in [-0.4, -0.2) is 16.6 Å². The molecule has 1 aromatic carbocycles. The molecule has 2 aromatic rings. The van der Waals surface area contributed by atoms with Crippen molar-refractivity contribution >= 4 is 0 Å². The summed E-state index contributed by atoms with van der Waals surface area (Å²) in [5.74, 6) is 0. The molecule has 102 valence electrons. The van der Waals surface area contributed by atoms with E-state index in [1.807, 2.05) is 20.4 Å². The van der Waals surface area contributed by atoms with Crippen LogP contribution in [0, 0.1) is 0 Å². The third-order valence-corrected chi connectivity index (χ3v) is 3.38. The van der Waals surface area contributed by atoms with Crippen molar-refractivity contribution in [1.29, 1.82) is 0 Å². The normalized spacial score (nSPS) is 11.8. The van der Waals surface area contributed by atoms with Crippen molar-refractivity contribution in [3.63, 3.8) is 0 Å². The molecule has 2 rings (SSSR count). The highest BCUT2D eigenvalue weighted by molar-refractivity contribution is 5.63. The molecule has 19 heavy (non-hydrogen) atoms. The van der Waals surface area contributed by atoms with Gasteiger partial charge in [-0.25, -0.2) is 4.98 Å². The Morgan fingerprint density at radius 1 is 1.16 bits per heavy atom. The fourth-order valence-corrected chi connectivity index (χ4v) is 2.27. The lowest BCUT2D eigenvalue weighted by atomic mass is 9.86. The van der Waals surface area contributed by atoms with Gasteiger partial charge in [-0.3, -0.25) is 0 Å². The fraction of sp³-hybridized carbons (Fsp3) is 0.438. The fourth-order valence-electron chi connectivity index (χ4n) is 2.27. The smallest absolute Gasteiger partial charge is 0.0952 e. The van der Waals surface area contributed by atoms with Crippen molar-refractivity contribution in [2.24, 2.45) is 7.05 Å². The Balaban J connectivity index is 2.40. The van der Waals surface area contributed by atoms with Gasteiger partial charge >= 0.3 is 0 Å². The maximum atomic E-state index is 4.45. The topological polar surface area (TPSA) is 29.9 Å². The van der Waals surface area contributed by atoms with Crippen LogP contribution in [0.25, 0.3) is 11.3 Å². The molecule has 1 aromatic heterocycles. The quantitative estimate of drug-likeness (QED) is 0.915. The molecule has 0 aliphatic rings. The van der Waals surface area contributed by atoms with Gasteiger partial charge in [0.1, 0.15) is 0 Å². The molecule has 0 unspecified atom stereocenters. The van der Waals surface area contributed by atoms with Crippen LogP contribution in [-0.2, 0) is 19.0 Å². The largest absolute Gasteiger partial charge is 0.333 e. The lowest BCUT2D eigenvalue weighted by molar-refractivity contribution is 0.590. The molecular formula is C16H23N3. The average molecular weight is 257 g/mol. The zero-order chi connectivity index (χ0) is 14.0. The second-order valence-electron chi connectivity index (χ2n) is 6.01. The summed E-state index contributed by atoms with van der Waals surface area (Å²) in [5.41, 5.74) is 5.05. The van der Waals surface area contributed by atoms with Crippen molar-refractivity contribution in [1.82, 2.24) is 14.9 Å². The van der Waals surface area contributed by atoms with Gasteiger partial charge in [0.15, 0.2) is 0 Å². The number of hydrogen-bond acceptors (Lipinski definition) is 2. The number of aromatic nitrogens is 2. The molecule has 1 N–H and O–H groups in total. The molecule has 0 aliphatic heterocycles. The van der Waals surface area contributed by atoms with E-state index in [9.17, 15) is 0 Å². The summed E-state index contributed by atoms with van der Waals surface area (Å²) in [7, 11) is 3.99. The molecule has 0 bridgehead atoms. The highest BCUT2D eigenvalue weighted by Crippen LogP contribution is 2.27. The minimum atomic E-state index is 0.193. The summed E-state index contributed by atoms with van der Waals surface area (Å²) < 4.78 is 2.08. The molecule has 1 heterocycles. The van der Waals surface area contributed by atoms with Crippen LogP contribution in [0.5, 0.6) is 0 Å². The summed E-state index contributed by atoms with van der Waals surface area (Å²) >= 11 is 0. The molecular weight excluding hydrogens is 234 g/mol. The van der Waals surface area contributed by atoms with Crippen molar-refractivity contribution in [2.45, 2.75) is 32.7 Å². The third-order valence-electron chi connectivity index (χ3n) is 3.38. The summed E-state index contributed by atoms with van der Waals surface area (Å²) in [6.45, 7) is 7.49. The number of nitrogens with zero attached hydrogens (tertiary/aromatic N) is 2. The number of aryl methyl sites for hydroxylation is 1. The van der Waals surface area contributed by atoms with E-state index in [2.05, 4.69) is 59.9 Å². The van der Waals surface area contributed by atoms with Crippen LogP contribution in [0.4, 0.5) is 0 Å². The van der Waals surface area contributed by atoms with Crippen LogP contribution in [0.2, 0.25) is 0 Å². The Kier molecular flexibility index (Phi) is 3.76. The second kappa shape index (κ2) is 5.17. The van der Waals surface area contributed by atoms with Crippen LogP contribution in [0.15, 0.2) is 30.6 Å². The third kappa shape index (κ3) is 2.87. The second-order valence-corrected chi connectivity index (χ2v) is 6.01. The molecule has 3 heteroatoms. The number of rotatable bonds is 3. The Morgan fingerprint density at radius 3 is 2.32 bits per heavy atom. The van der Waals surface area contributed by atoms with E-state index in [-0.39, 0.29) is 5.41 Å². The number of hydrogen-bond donors (Lipinski definition) is 1. The van der Waals surface area contributed by atoms with E-state index in [4.69, 9.17) is 0 Å². The summed E-state index contributed by atoms with van der Waals surface area (Å²) in [6.07, 6.45) is 1.87. The summed E-state index contributed by atoms with van der Waals surface area (Å²) in [4.78, 5) is 4.45. The lowest BCUT2D eigenvalue weighted by Crippen LogP contribution is -2.11. The first-order valence-corrected chi connectivity index (χ1v) is 6.69. The van der Waals surface area contributed by atoms with Crippen molar-refractivity contribution in [2.75, 3.05) is 7.05 Å². The van der Waals surface area contributed by atoms with Gasteiger partial charge in [-0.1, -0.05) is 45.0 Å². The van der Waals surface area contributed by atoms with E-state index in [1.165, 1.54) is 16.8 Å². The molecule has 0 atom stereocenters. The van der Waals surface area contributed by atoms with Crippen molar-refractivity contribution in [3.05, 3.63) is 41.9 Å². The first kappa shape index (κ1) is 13.8. The van der Waals surface area contributed by atoms with Crippen molar-refractivity contribution in [3.8, 4) is 11.3 Å². The molecule has 0 spiro atoms. The lowest BCUT2D eigenvalue weighted by Gasteiger charge is -2.19. The van der Waals surface area contributed by atoms with Crippen LogP contribution in [0.1, 0.15) is 32.0 Å². The Morgan fingerprint density at radius 2 is 1.79 bits per heavy atom. The number of benzene rings is 1. The predicted molar refractivity (Wildman–Crippen MR) is 80.1 cm³/mol. The van der Waals surface area contributed by atoms with E-state index < -0.39 is 0 Å². The maximum absolute atomic E-state index is 4.45. The monoisotopic (exact) mass is 257 g/mol. The van der Waals surface area contributed by atoms with Gasteiger partial charge in [0, 0.05) is 19.2 Å². The molecule has 0 saturated heterocycles. The number of imidazole rings is 1. The molecule has 0 saturated carbocycles. The summed E-state index contributed by atoms with van der Waals surface area (Å²) in [5, 5.41) is 3.17. The Hall–Kier alpha value is -1.61. The van der Waals surface area contributed by atoms with E-state index in [0.29, 0.717) is 0 Å². The zero-order valence-electron chi connectivity index (χ0n) is 12.5. The van der Waals surface area contributed by atoms with Crippen molar-refractivity contribution < 1.29 is 0 Å². The van der Waals surface area contributed by atoms with Gasteiger partial charge in [-0.2, -0.15) is 0 Å². The zero-order valence-corrected chi connectivity index (χ0v) is 12.5. The van der Waals surface area contributed by atoms with E-state index in [0.717, 1.165) is 12.2 Å². The van der Waals surface area contributed by atoms with Gasteiger partial charge in [-0.05, 0) is 18.0 Å². The SMILES string of the molecule is CNCc1ncn(C)c1-c1ccc(C(C)(C)C)cc1. The first-order valence-electron chi connectivity index (χ1n) is 6.69. The number of nitrogens with one attached hydrogen (secondary N) is 1. The standard InChI is InChI=1S/C16H23N3/c1-16(2,3)13-8-6-12(7-9-13)15-14(10-17-4)18-11-19(15)5/h6-9,11,17H,10H2,1-5H3. The molecule has 0 aliphatic carbocycles. The van der Waals surface area contributed by atoms with Gasteiger partial charge in [0.05, 0.1) is 17.7 Å². The van der Waals surface area contributed by atoms with Gasteiger partial charge in [0.25, 0.3) is 0 Å². The molecule has 0 fully saturated rings. The highest BCUT2D eigenvalue weighted by atomic mass is 15.0. The molecule has 0 radical (unpaired) electrons. The van der Waals surface area contributed by atoms with Crippen LogP contribution in [0.3, 0.4) is 0 Å². The minimum absolute atomic E-state index is 0.193. The van der Waals surface area contributed by atoms with Gasteiger partial charge in [-0.15, -0.1) is 0 Å². The summed E-state index contributed by atoms with van der Waals surface area (Å²) in [6, 6.07) is 8.81. The van der Waals surface area contributed by atoms with E-state index >= 15 is 0 Å². The minimum Gasteiger partial charge on any atom is -0.333 e. The predicted octanol–water partition coefficient (Wildman–Crippen LogP) is 3.10. The maximum Gasteiger partial charge on any atom is 0.0952 e. The Bertz CT molecular complexity index is 544. The van der Waals surface area contributed by atoms with Gasteiger partial charge in [0.2, 0.25) is 0 Å². The van der Waals surface area contributed by atoms with Gasteiger partial charge < -0.3 is 9.88 Å². The molecule has 0 amide bonds. The average Bonchev–Trinajstić information content (AvgIpc) is 2.70. The van der Waals surface area contributed by atoms with Crippen LogP contribution < -0.4 is 5.32 Å².